The third-order valence-corrected chi connectivity index (χ3v) is 4.39. The van der Waals surface area contributed by atoms with Crippen molar-refractivity contribution in [3.63, 3.8) is 0 Å². The molecular formula is C12H12BrN3OS. The van der Waals surface area contributed by atoms with Crippen molar-refractivity contribution in [2.24, 2.45) is 5.73 Å². The van der Waals surface area contributed by atoms with Gasteiger partial charge in [-0.25, -0.2) is 0 Å². The first-order valence-electron chi connectivity index (χ1n) is 5.23. The zero-order valence-electron chi connectivity index (χ0n) is 9.44. The van der Waals surface area contributed by atoms with E-state index in [2.05, 4.69) is 21.2 Å². The Hall–Kier alpha value is -1.53. The van der Waals surface area contributed by atoms with Gasteiger partial charge in [-0.2, -0.15) is 0 Å². The lowest BCUT2D eigenvalue weighted by Crippen LogP contribution is -2.14. The van der Waals surface area contributed by atoms with Crippen LogP contribution < -0.4 is 16.8 Å². The van der Waals surface area contributed by atoms with Crippen LogP contribution >= 0.6 is 27.3 Å². The lowest BCUT2D eigenvalue weighted by molar-refractivity contribution is 0.100. The van der Waals surface area contributed by atoms with E-state index in [9.17, 15) is 4.79 Å². The molecule has 4 nitrogen and oxygen atoms in total. The molecule has 0 fully saturated rings. The van der Waals surface area contributed by atoms with Crippen LogP contribution in [0.15, 0.2) is 34.1 Å². The summed E-state index contributed by atoms with van der Waals surface area (Å²) in [5, 5.41) is 5.24. The van der Waals surface area contributed by atoms with Crippen molar-refractivity contribution in [3.8, 4) is 0 Å². The molecule has 1 aromatic carbocycles. The smallest absolute Gasteiger partial charge is 0.250 e. The molecular weight excluding hydrogens is 314 g/mol. The molecule has 0 atom stereocenters. The fraction of sp³-hybridized carbons (Fsp3) is 0.0833. The van der Waals surface area contributed by atoms with Crippen LogP contribution in [-0.4, -0.2) is 5.91 Å². The number of carbonyl (C=O) groups excluding carboxylic acids is 1. The minimum Gasteiger partial charge on any atom is -0.398 e. The van der Waals surface area contributed by atoms with Crippen molar-refractivity contribution in [1.29, 1.82) is 0 Å². The quantitative estimate of drug-likeness (QED) is 0.756. The highest BCUT2D eigenvalue weighted by Gasteiger charge is 2.07. The second kappa shape index (κ2) is 5.41. The van der Waals surface area contributed by atoms with Gasteiger partial charge in [-0.15, -0.1) is 11.3 Å². The second-order valence-electron chi connectivity index (χ2n) is 3.71. The zero-order chi connectivity index (χ0) is 13.1. The van der Waals surface area contributed by atoms with Crippen LogP contribution in [0.2, 0.25) is 0 Å². The third kappa shape index (κ3) is 2.83. The lowest BCUT2D eigenvalue weighted by atomic mass is 10.1. The Morgan fingerprint density at radius 2 is 2.17 bits per heavy atom. The van der Waals surface area contributed by atoms with Gasteiger partial charge in [-0.1, -0.05) is 0 Å². The first kappa shape index (κ1) is 12.9. The fourth-order valence-corrected chi connectivity index (χ4v) is 2.95. The highest BCUT2D eigenvalue weighted by Crippen LogP contribution is 2.24. The first-order valence-corrected chi connectivity index (χ1v) is 6.90. The summed E-state index contributed by atoms with van der Waals surface area (Å²) in [6, 6.07) is 7.16. The maximum absolute atomic E-state index is 11.2. The second-order valence-corrected chi connectivity index (χ2v) is 5.57. The number of rotatable bonds is 4. The maximum atomic E-state index is 11.2. The van der Waals surface area contributed by atoms with E-state index in [1.807, 2.05) is 17.5 Å². The third-order valence-electron chi connectivity index (χ3n) is 2.46. The van der Waals surface area contributed by atoms with Crippen molar-refractivity contribution in [2.75, 3.05) is 11.1 Å². The summed E-state index contributed by atoms with van der Waals surface area (Å²) in [6.45, 7) is 0.681. The predicted octanol–water partition coefficient (Wildman–Crippen LogP) is 2.80. The average Bonchev–Trinajstić information content (AvgIpc) is 2.73. The number of anilines is 2. The van der Waals surface area contributed by atoms with Crippen LogP contribution in [0.4, 0.5) is 11.4 Å². The summed E-state index contributed by atoms with van der Waals surface area (Å²) in [5.74, 6) is -0.520. The number of hydrogen-bond acceptors (Lipinski definition) is 4. The molecule has 5 N–H and O–H groups in total. The summed E-state index contributed by atoms with van der Waals surface area (Å²) in [6.07, 6.45) is 0. The van der Waals surface area contributed by atoms with Crippen LogP contribution in [-0.2, 0) is 6.54 Å². The fourth-order valence-electron chi connectivity index (χ4n) is 1.51. The van der Waals surface area contributed by atoms with Crippen molar-refractivity contribution in [3.05, 3.63) is 44.6 Å². The van der Waals surface area contributed by atoms with E-state index in [1.54, 1.807) is 23.5 Å². The maximum Gasteiger partial charge on any atom is 0.250 e. The molecule has 2 aromatic rings. The summed E-state index contributed by atoms with van der Waals surface area (Å²) in [7, 11) is 0. The molecule has 0 spiro atoms. The van der Waals surface area contributed by atoms with Gasteiger partial charge in [0.2, 0.25) is 0 Å². The molecule has 0 saturated heterocycles. The molecule has 1 aromatic heterocycles. The van der Waals surface area contributed by atoms with Gasteiger partial charge in [0.15, 0.2) is 0 Å². The molecule has 0 aliphatic carbocycles. The number of nitrogen functional groups attached to an aromatic ring is 1. The summed E-state index contributed by atoms with van der Waals surface area (Å²) in [4.78, 5) is 12.4. The van der Waals surface area contributed by atoms with E-state index in [4.69, 9.17) is 11.5 Å². The highest BCUT2D eigenvalue weighted by molar-refractivity contribution is 9.10. The zero-order valence-corrected chi connectivity index (χ0v) is 11.8. The molecule has 18 heavy (non-hydrogen) atoms. The molecule has 0 aliphatic heterocycles. The standard InChI is InChI=1S/C12H12BrN3OS/c13-9-3-4-18-11(9)6-16-7-1-2-10(14)8(5-7)12(15)17/h1-5,16H,6,14H2,(H2,15,17). The Bertz CT molecular complexity index is 582. The molecule has 0 bridgehead atoms. The molecule has 0 unspecified atom stereocenters. The van der Waals surface area contributed by atoms with Gasteiger partial charge >= 0.3 is 0 Å². The number of halogens is 1. The van der Waals surface area contributed by atoms with Gasteiger partial charge in [0.1, 0.15) is 0 Å². The number of nitrogens with two attached hydrogens (primary N) is 2. The molecule has 1 heterocycles. The van der Waals surface area contributed by atoms with Crippen molar-refractivity contribution < 1.29 is 4.79 Å². The van der Waals surface area contributed by atoms with Gasteiger partial charge in [-0.3, -0.25) is 4.79 Å². The number of benzene rings is 1. The van der Waals surface area contributed by atoms with E-state index in [-0.39, 0.29) is 0 Å². The number of thiophene rings is 1. The monoisotopic (exact) mass is 325 g/mol. The number of hydrogen-bond donors (Lipinski definition) is 3. The van der Waals surface area contributed by atoms with Crippen molar-refractivity contribution >= 4 is 44.5 Å². The Labute approximate surface area is 117 Å². The van der Waals surface area contributed by atoms with E-state index < -0.39 is 5.91 Å². The average molecular weight is 326 g/mol. The molecule has 0 aliphatic rings. The molecule has 0 radical (unpaired) electrons. The van der Waals surface area contributed by atoms with Crippen LogP contribution in [0, 0.1) is 0 Å². The minimum absolute atomic E-state index is 0.338. The van der Waals surface area contributed by atoms with Crippen LogP contribution in [0.5, 0.6) is 0 Å². The minimum atomic E-state index is -0.520. The predicted molar refractivity (Wildman–Crippen MR) is 78.7 cm³/mol. The highest BCUT2D eigenvalue weighted by atomic mass is 79.9. The molecule has 94 valence electrons. The summed E-state index contributed by atoms with van der Waals surface area (Å²) in [5.41, 5.74) is 12.5. The van der Waals surface area contributed by atoms with Crippen molar-refractivity contribution in [1.82, 2.24) is 0 Å². The number of nitrogens with one attached hydrogen (secondary N) is 1. The van der Waals surface area contributed by atoms with Crippen LogP contribution in [0.25, 0.3) is 0 Å². The number of carbonyl (C=O) groups is 1. The van der Waals surface area contributed by atoms with Crippen LogP contribution in [0.1, 0.15) is 15.2 Å². The van der Waals surface area contributed by atoms with Gasteiger partial charge in [0.05, 0.1) is 12.1 Å². The van der Waals surface area contributed by atoms with E-state index in [0.717, 1.165) is 10.2 Å². The van der Waals surface area contributed by atoms with Gasteiger partial charge < -0.3 is 16.8 Å². The number of amides is 1. The van der Waals surface area contributed by atoms with E-state index in [1.165, 1.54) is 4.88 Å². The molecule has 2 rings (SSSR count). The largest absolute Gasteiger partial charge is 0.398 e. The lowest BCUT2D eigenvalue weighted by Gasteiger charge is -2.08. The SMILES string of the molecule is NC(=O)c1cc(NCc2sccc2Br)ccc1N. The molecule has 1 amide bonds. The Balaban J connectivity index is 2.13. The van der Waals surface area contributed by atoms with E-state index in [0.29, 0.717) is 17.8 Å². The molecule has 6 heteroatoms. The Kier molecular flexibility index (Phi) is 3.88. The Morgan fingerprint density at radius 3 is 2.78 bits per heavy atom. The summed E-state index contributed by atoms with van der Waals surface area (Å²) >= 11 is 5.12. The van der Waals surface area contributed by atoms with Gasteiger partial charge in [0, 0.05) is 20.7 Å². The number of primary amides is 1. The topological polar surface area (TPSA) is 81.1 Å². The van der Waals surface area contributed by atoms with Gasteiger partial charge in [-0.05, 0) is 45.6 Å². The summed E-state index contributed by atoms with van der Waals surface area (Å²) < 4.78 is 1.07. The molecule has 0 saturated carbocycles. The van der Waals surface area contributed by atoms with Crippen LogP contribution in [0.3, 0.4) is 0 Å². The van der Waals surface area contributed by atoms with E-state index >= 15 is 0 Å². The Morgan fingerprint density at radius 1 is 1.39 bits per heavy atom. The normalized spacial score (nSPS) is 10.3. The van der Waals surface area contributed by atoms with Crippen molar-refractivity contribution in [2.45, 2.75) is 6.54 Å². The van der Waals surface area contributed by atoms with Gasteiger partial charge in [0.25, 0.3) is 5.91 Å². The first-order chi connectivity index (χ1) is 8.58.